The van der Waals surface area contributed by atoms with Crippen LogP contribution < -0.4 is 0 Å². The van der Waals surface area contributed by atoms with E-state index in [1.807, 2.05) is 0 Å². The Morgan fingerprint density at radius 2 is 0.647 bits per heavy atom. The van der Waals surface area contributed by atoms with Crippen molar-refractivity contribution in [2.45, 2.75) is 119 Å². The van der Waals surface area contributed by atoms with Crippen molar-refractivity contribution < 1.29 is 0 Å². The lowest BCUT2D eigenvalue weighted by Gasteiger charge is -2.29. The summed E-state index contributed by atoms with van der Waals surface area (Å²) in [5, 5.41) is 0. The van der Waals surface area contributed by atoms with E-state index in [1.54, 1.807) is 0 Å². The summed E-state index contributed by atoms with van der Waals surface area (Å²) in [6.45, 7) is 31.4. The average molecular weight is 461 g/mol. The van der Waals surface area contributed by atoms with Gasteiger partial charge in [-0.05, 0) is 57.8 Å². The summed E-state index contributed by atoms with van der Waals surface area (Å²) < 4.78 is 0. The summed E-state index contributed by atoms with van der Waals surface area (Å²) in [6.07, 6.45) is 0. The maximum absolute atomic E-state index is 5.26. The lowest BCUT2D eigenvalue weighted by Crippen LogP contribution is -2.19. The second-order valence-corrected chi connectivity index (χ2v) is 13.8. The summed E-state index contributed by atoms with van der Waals surface area (Å²) in [7, 11) is 0. The van der Waals surface area contributed by atoms with Gasteiger partial charge in [-0.25, -0.2) is 0 Å². The summed E-state index contributed by atoms with van der Waals surface area (Å²) in [6, 6.07) is 13.2. The van der Waals surface area contributed by atoms with Gasteiger partial charge in [0.2, 0.25) is 0 Å². The highest BCUT2D eigenvalue weighted by Crippen LogP contribution is 2.41. The normalized spacial score (nSPS) is 14.5. The monoisotopic (exact) mass is 460 g/mol. The molecule has 0 aromatic heterocycles. The molecule has 0 fully saturated rings. The molecule has 2 aromatic rings. The van der Waals surface area contributed by atoms with Crippen LogP contribution >= 0.6 is 0 Å². The van der Waals surface area contributed by atoms with E-state index in [-0.39, 0.29) is 21.7 Å². The van der Waals surface area contributed by atoms with Crippen LogP contribution in [0.5, 0.6) is 0 Å². The van der Waals surface area contributed by atoms with E-state index in [9.17, 15) is 0 Å². The number of aliphatic imine (C=N–C) groups is 2. The predicted molar refractivity (Wildman–Crippen MR) is 153 cm³/mol. The molecule has 0 amide bonds. The zero-order chi connectivity index (χ0) is 26.3. The Kier molecular flexibility index (Phi) is 7.78. The molecular weight excluding hydrogens is 412 g/mol. The molecule has 0 atom stereocenters. The topological polar surface area (TPSA) is 24.7 Å². The van der Waals surface area contributed by atoms with E-state index >= 15 is 0 Å². The molecule has 0 spiro atoms. The molecule has 2 rings (SSSR count). The quantitative estimate of drug-likeness (QED) is 0.407. The molecule has 2 nitrogen and oxygen atoms in total. The maximum atomic E-state index is 5.26. The molecular formula is C32H48N2. The van der Waals surface area contributed by atoms with Gasteiger partial charge in [0.1, 0.15) is 0 Å². The van der Waals surface area contributed by atoms with Crippen molar-refractivity contribution in [1.82, 2.24) is 0 Å². The lowest BCUT2D eigenvalue weighted by atomic mass is 9.78. The van der Waals surface area contributed by atoms with Crippen molar-refractivity contribution in [3.05, 3.63) is 58.7 Å². The molecule has 0 saturated carbocycles. The van der Waals surface area contributed by atoms with E-state index in [2.05, 4.69) is 133 Å². The molecule has 0 unspecified atom stereocenters. The SMILES string of the molecule is CC(=N/c1c(C(C)(C)C)cccc1C(C)(C)C)/C(C)=N\c1c(C(C)(C)C)cccc1C(C)(C)C. The number of benzene rings is 2. The molecule has 0 bridgehead atoms. The first-order valence-electron chi connectivity index (χ1n) is 12.6. The maximum Gasteiger partial charge on any atom is 0.0708 e. The molecule has 0 saturated heterocycles. The van der Waals surface area contributed by atoms with Crippen LogP contribution in [0.4, 0.5) is 11.4 Å². The Labute approximate surface area is 210 Å². The highest BCUT2D eigenvalue weighted by atomic mass is 14.8. The van der Waals surface area contributed by atoms with Gasteiger partial charge in [-0.1, -0.05) is 119 Å². The van der Waals surface area contributed by atoms with Crippen LogP contribution in [0.2, 0.25) is 0 Å². The number of para-hydroxylation sites is 2. The number of hydrogen-bond donors (Lipinski definition) is 0. The van der Waals surface area contributed by atoms with Crippen molar-refractivity contribution in [2.75, 3.05) is 0 Å². The largest absolute Gasteiger partial charge is 0.251 e. The number of nitrogens with zero attached hydrogens (tertiary/aromatic N) is 2. The van der Waals surface area contributed by atoms with E-state index in [0.717, 1.165) is 22.8 Å². The van der Waals surface area contributed by atoms with Gasteiger partial charge in [0.15, 0.2) is 0 Å². The Morgan fingerprint density at radius 3 is 0.824 bits per heavy atom. The fourth-order valence-electron chi connectivity index (χ4n) is 4.25. The minimum absolute atomic E-state index is 0.00363. The molecule has 0 aliphatic heterocycles. The van der Waals surface area contributed by atoms with Gasteiger partial charge >= 0.3 is 0 Å². The zero-order valence-electron chi connectivity index (χ0n) is 24.4. The minimum Gasteiger partial charge on any atom is -0.251 e. The molecule has 2 heteroatoms. The van der Waals surface area contributed by atoms with Gasteiger partial charge in [0.05, 0.1) is 22.8 Å². The smallest absolute Gasteiger partial charge is 0.0708 e. The molecule has 186 valence electrons. The van der Waals surface area contributed by atoms with Crippen molar-refractivity contribution in [1.29, 1.82) is 0 Å². The van der Waals surface area contributed by atoms with Crippen molar-refractivity contribution in [3.8, 4) is 0 Å². The first-order valence-corrected chi connectivity index (χ1v) is 12.6. The van der Waals surface area contributed by atoms with Crippen LogP contribution in [0.15, 0.2) is 46.4 Å². The third kappa shape index (κ3) is 6.46. The van der Waals surface area contributed by atoms with Gasteiger partial charge in [-0.15, -0.1) is 0 Å². The third-order valence-corrected chi connectivity index (χ3v) is 6.39. The fourth-order valence-corrected chi connectivity index (χ4v) is 4.25. The fraction of sp³-hybridized carbons (Fsp3) is 0.562. The molecule has 0 heterocycles. The Bertz CT molecular complexity index is 932. The lowest BCUT2D eigenvalue weighted by molar-refractivity contribution is 0.570. The van der Waals surface area contributed by atoms with E-state index in [1.165, 1.54) is 22.3 Å². The Morgan fingerprint density at radius 1 is 0.441 bits per heavy atom. The predicted octanol–water partition coefficient (Wildman–Crippen LogP) is 9.76. The molecule has 2 aromatic carbocycles. The van der Waals surface area contributed by atoms with Crippen LogP contribution in [0.1, 0.15) is 119 Å². The van der Waals surface area contributed by atoms with Crippen LogP contribution in [0, 0.1) is 0 Å². The van der Waals surface area contributed by atoms with E-state index in [4.69, 9.17) is 9.98 Å². The summed E-state index contributed by atoms with van der Waals surface area (Å²) >= 11 is 0. The second-order valence-electron chi connectivity index (χ2n) is 13.8. The number of hydrogen-bond acceptors (Lipinski definition) is 2. The van der Waals surface area contributed by atoms with Gasteiger partial charge < -0.3 is 0 Å². The number of rotatable bonds is 3. The highest BCUT2D eigenvalue weighted by molar-refractivity contribution is 6.41. The summed E-state index contributed by atoms with van der Waals surface area (Å²) in [5.74, 6) is 0. The van der Waals surface area contributed by atoms with Crippen molar-refractivity contribution in [3.63, 3.8) is 0 Å². The molecule has 0 radical (unpaired) electrons. The van der Waals surface area contributed by atoms with Crippen molar-refractivity contribution >= 4 is 22.8 Å². The molecule has 0 aliphatic rings. The summed E-state index contributed by atoms with van der Waals surface area (Å²) in [4.78, 5) is 10.5. The van der Waals surface area contributed by atoms with Crippen LogP contribution in [-0.2, 0) is 21.7 Å². The van der Waals surface area contributed by atoms with E-state index in [0.29, 0.717) is 0 Å². The average Bonchev–Trinajstić information content (AvgIpc) is 2.64. The summed E-state index contributed by atoms with van der Waals surface area (Å²) in [5.41, 5.74) is 9.23. The Hall–Kier alpha value is -2.22. The molecule has 34 heavy (non-hydrogen) atoms. The van der Waals surface area contributed by atoms with Gasteiger partial charge in [0, 0.05) is 0 Å². The standard InChI is InChI=1S/C32H48N2/c1-21(33-27-23(29(3,4)5)17-15-18-24(27)30(6,7)8)22(2)34-28-25(31(9,10)11)19-16-20-26(28)32(12,13)14/h15-20H,1-14H3/b33-21-,34-22-. The van der Waals surface area contributed by atoms with Crippen LogP contribution in [0.25, 0.3) is 0 Å². The zero-order valence-corrected chi connectivity index (χ0v) is 24.4. The van der Waals surface area contributed by atoms with E-state index < -0.39 is 0 Å². The van der Waals surface area contributed by atoms with Crippen LogP contribution in [0.3, 0.4) is 0 Å². The second kappa shape index (κ2) is 9.44. The van der Waals surface area contributed by atoms with Gasteiger partial charge in [-0.2, -0.15) is 0 Å². The molecule has 0 N–H and O–H groups in total. The third-order valence-electron chi connectivity index (χ3n) is 6.39. The van der Waals surface area contributed by atoms with Crippen LogP contribution in [-0.4, -0.2) is 11.4 Å². The Balaban J connectivity index is 2.79. The first-order chi connectivity index (χ1) is 15.2. The minimum atomic E-state index is 0.00363. The van der Waals surface area contributed by atoms with Crippen molar-refractivity contribution in [2.24, 2.45) is 9.98 Å². The molecule has 0 aliphatic carbocycles. The van der Waals surface area contributed by atoms with Gasteiger partial charge in [0.25, 0.3) is 0 Å². The highest BCUT2D eigenvalue weighted by Gasteiger charge is 2.27. The van der Waals surface area contributed by atoms with Gasteiger partial charge in [-0.3, -0.25) is 9.98 Å². The first kappa shape index (κ1) is 28.0.